The molecule has 1 unspecified atom stereocenters. The van der Waals surface area contributed by atoms with Gasteiger partial charge in [0, 0.05) is 6.04 Å². The molecule has 98 valence electrons. The Morgan fingerprint density at radius 1 is 1.06 bits per heavy atom. The summed E-state index contributed by atoms with van der Waals surface area (Å²) in [5, 5.41) is 2.82. The van der Waals surface area contributed by atoms with E-state index in [2.05, 4.69) is 26.1 Å². The van der Waals surface area contributed by atoms with Gasteiger partial charge in [0.2, 0.25) is 0 Å². The summed E-state index contributed by atoms with van der Waals surface area (Å²) in [6.07, 6.45) is -0.347. The molecule has 0 spiro atoms. The van der Waals surface area contributed by atoms with Crippen molar-refractivity contribution in [2.45, 2.75) is 74.0 Å². The molecular formula is C13H29NO2. The molecule has 0 bridgehead atoms. The smallest absolute Gasteiger partial charge is 0.407 e. The van der Waals surface area contributed by atoms with E-state index in [1.807, 2.05) is 41.5 Å². The molecule has 0 saturated heterocycles. The van der Waals surface area contributed by atoms with Crippen LogP contribution in [0.5, 0.6) is 0 Å². The predicted molar refractivity (Wildman–Crippen MR) is 69.6 cm³/mol. The third-order valence-corrected chi connectivity index (χ3v) is 2.03. The van der Waals surface area contributed by atoms with Gasteiger partial charge in [0.1, 0.15) is 5.60 Å². The molecule has 0 aromatic carbocycles. The molecular weight excluding hydrogens is 202 g/mol. The first kappa shape index (κ1) is 17.7. The van der Waals surface area contributed by atoms with E-state index in [0.29, 0.717) is 0 Å². The van der Waals surface area contributed by atoms with Crippen LogP contribution >= 0.6 is 0 Å². The molecule has 1 amide bonds. The lowest BCUT2D eigenvalue weighted by Gasteiger charge is -2.29. The summed E-state index contributed by atoms with van der Waals surface area (Å²) in [4.78, 5) is 11.4. The van der Waals surface area contributed by atoms with E-state index in [9.17, 15) is 4.79 Å². The normalized spacial score (nSPS) is 13.3. The topological polar surface area (TPSA) is 38.3 Å². The van der Waals surface area contributed by atoms with Crippen LogP contribution in [-0.2, 0) is 4.74 Å². The van der Waals surface area contributed by atoms with Crippen LogP contribution in [0, 0.1) is 5.41 Å². The molecule has 0 aliphatic rings. The lowest BCUT2D eigenvalue weighted by atomic mass is 9.88. The van der Waals surface area contributed by atoms with Crippen LogP contribution in [0.25, 0.3) is 0 Å². The number of carbonyl (C=O) groups excluding carboxylic acids is 1. The Bertz CT molecular complexity index is 199. The summed E-state index contributed by atoms with van der Waals surface area (Å²) in [5.74, 6) is 0. The number of nitrogens with one attached hydrogen (secondary N) is 1. The highest BCUT2D eigenvalue weighted by Crippen LogP contribution is 2.19. The van der Waals surface area contributed by atoms with Crippen LogP contribution in [-0.4, -0.2) is 17.7 Å². The zero-order chi connectivity index (χ0) is 13.6. The van der Waals surface area contributed by atoms with Crippen molar-refractivity contribution in [1.82, 2.24) is 5.32 Å². The lowest BCUT2D eigenvalue weighted by molar-refractivity contribution is 0.0473. The fraction of sp³-hybridized carbons (Fsp3) is 0.923. The van der Waals surface area contributed by atoms with Crippen molar-refractivity contribution in [2.24, 2.45) is 5.41 Å². The zero-order valence-corrected chi connectivity index (χ0v) is 12.4. The first-order chi connectivity index (χ1) is 7.02. The molecule has 16 heavy (non-hydrogen) atoms. The van der Waals surface area contributed by atoms with E-state index in [4.69, 9.17) is 4.74 Å². The second kappa shape index (κ2) is 6.77. The van der Waals surface area contributed by atoms with Gasteiger partial charge in [-0.25, -0.2) is 4.79 Å². The molecule has 1 N–H and O–H groups in total. The molecule has 0 rings (SSSR count). The lowest BCUT2D eigenvalue weighted by Crippen LogP contribution is -2.43. The molecule has 0 aliphatic carbocycles. The van der Waals surface area contributed by atoms with Gasteiger partial charge in [-0.05, 0) is 33.1 Å². The van der Waals surface area contributed by atoms with E-state index in [1.54, 1.807) is 0 Å². The minimum Gasteiger partial charge on any atom is -0.444 e. The number of rotatable bonds is 1. The standard InChI is InChI=1S/C11H23NO2.C2H6/c1-8(10(2,3)4)12-9(13)14-11(5,6)7;1-2/h8H,1-7H3,(H,12,13);1-2H3. The van der Waals surface area contributed by atoms with E-state index in [0.717, 1.165) is 0 Å². The van der Waals surface area contributed by atoms with Crippen molar-refractivity contribution in [3.63, 3.8) is 0 Å². The van der Waals surface area contributed by atoms with Crippen LogP contribution in [0.4, 0.5) is 4.79 Å². The highest BCUT2D eigenvalue weighted by atomic mass is 16.6. The number of carbonyl (C=O) groups is 1. The predicted octanol–water partition coefficient (Wildman–Crippen LogP) is 3.97. The summed E-state index contributed by atoms with van der Waals surface area (Å²) in [7, 11) is 0. The SMILES string of the molecule is CC.CC(NC(=O)OC(C)(C)C)C(C)(C)C. The van der Waals surface area contributed by atoms with E-state index >= 15 is 0 Å². The minimum absolute atomic E-state index is 0.0525. The Morgan fingerprint density at radius 3 is 1.69 bits per heavy atom. The quantitative estimate of drug-likeness (QED) is 0.741. The molecule has 0 heterocycles. The van der Waals surface area contributed by atoms with Crippen molar-refractivity contribution in [2.75, 3.05) is 0 Å². The Hall–Kier alpha value is -0.730. The van der Waals surface area contributed by atoms with Gasteiger partial charge < -0.3 is 10.1 Å². The molecule has 0 aromatic heterocycles. The van der Waals surface area contributed by atoms with Crippen LogP contribution in [0.3, 0.4) is 0 Å². The van der Waals surface area contributed by atoms with E-state index in [-0.39, 0.29) is 17.6 Å². The van der Waals surface area contributed by atoms with E-state index < -0.39 is 5.60 Å². The fourth-order valence-electron chi connectivity index (χ4n) is 0.701. The second-order valence-electron chi connectivity index (χ2n) is 5.73. The van der Waals surface area contributed by atoms with Crippen LogP contribution in [0.1, 0.15) is 62.3 Å². The number of alkyl carbamates (subject to hydrolysis) is 1. The van der Waals surface area contributed by atoms with Gasteiger partial charge in [0.15, 0.2) is 0 Å². The summed E-state index contributed by atoms with van der Waals surface area (Å²) in [6.45, 7) is 17.8. The van der Waals surface area contributed by atoms with Crippen molar-refractivity contribution in [1.29, 1.82) is 0 Å². The molecule has 3 nitrogen and oxygen atoms in total. The second-order valence-corrected chi connectivity index (χ2v) is 5.73. The van der Waals surface area contributed by atoms with Gasteiger partial charge in [-0.15, -0.1) is 0 Å². The van der Waals surface area contributed by atoms with Crippen LogP contribution in [0.2, 0.25) is 0 Å². The largest absolute Gasteiger partial charge is 0.444 e. The first-order valence-electron chi connectivity index (χ1n) is 6.02. The molecule has 3 heteroatoms. The average molecular weight is 231 g/mol. The summed E-state index contributed by atoms with van der Waals surface area (Å²) in [6, 6.07) is 0.0948. The Balaban J connectivity index is 0. The number of hydrogen-bond donors (Lipinski definition) is 1. The van der Waals surface area contributed by atoms with Gasteiger partial charge >= 0.3 is 6.09 Å². The van der Waals surface area contributed by atoms with Crippen LogP contribution < -0.4 is 5.32 Å². The summed E-state index contributed by atoms with van der Waals surface area (Å²) in [5.41, 5.74) is -0.376. The zero-order valence-electron chi connectivity index (χ0n) is 12.4. The molecule has 0 fully saturated rings. The Labute approximate surface area is 101 Å². The maximum absolute atomic E-state index is 11.4. The average Bonchev–Trinajstić information content (AvgIpc) is 2.02. The van der Waals surface area contributed by atoms with Gasteiger partial charge in [-0.2, -0.15) is 0 Å². The summed E-state index contributed by atoms with van der Waals surface area (Å²) >= 11 is 0. The Morgan fingerprint density at radius 2 is 1.44 bits per heavy atom. The highest BCUT2D eigenvalue weighted by molar-refractivity contribution is 5.68. The van der Waals surface area contributed by atoms with Gasteiger partial charge in [0.25, 0.3) is 0 Å². The maximum atomic E-state index is 11.4. The highest BCUT2D eigenvalue weighted by Gasteiger charge is 2.24. The van der Waals surface area contributed by atoms with Gasteiger partial charge in [-0.1, -0.05) is 34.6 Å². The molecule has 0 radical (unpaired) electrons. The Kier molecular flexibility index (Phi) is 7.47. The molecule has 1 atom stereocenters. The minimum atomic E-state index is -0.429. The molecule has 0 aliphatic heterocycles. The van der Waals surface area contributed by atoms with Gasteiger partial charge in [-0.3, -0.25) is 0 Å². The number of amides is 1. The molecule has 0 saturated carbocycles. The van der Waals surface area contributed by atoms with Crippen molar-refractivity contribution in [3.8, 4) is 0 Å². The summed E-state index contributed by atoms with van der Waals surface area (Å²) < 4.78 is 5.15. The third-order valence-electron chi connectivity index (χ3n) is 2.03. The van der Waals surface area contributed by atoms with Crippen molar-refractivity contribution >= 4 is 6.09 Å². The maximum Gasteiger partial charge on any atom is 0.407 e. The van der Waals surface area contributed by atoms with Crippen molar-refractivity contribution < 1.29 is 9.53 Å². The first-order valence-corrected chi connectivity index (χ1v) is 6.02. The fourth-order valence-corrected chi connectivity index (χ4v) is 0.701. The number of ether oxygens (including phenoxy) is 1. The third kappa shape index (κ3) is 9.81. The van der Waals surface area contributed by atoms with E-state index in [1.165, 1.54) is 0 Å². The van der Waals surface area contributed by atoms with Gasteiger partial charge in [0.05, 0.1) is 0 Å². The monoisotopic (exact) mass is 231 g/mol. The number of hydrogen-bond acceptors (Lipinski definition) is 2. The van der Waals surface area contributed by atoms with Crippen molar-refractivity contribution in [3.05, 3.63) is 0 Å². The van der Waals surface area contributed by atoms with Crippen LogP contribution in [0.15, 0.2) is 0 Å². The molecule has 0 aromatic rings.